The molecule has 0 aliphatic rings. The van der Waals surface area contributed by atoms with Gasteiger partial charge in [-0.3, -0.25) is 0 Å². The zero-order chi connectivity index (χ0) is 16.9. The number of rotatable bonds is 5. The molecule has 3 heteroatoms. The Kier molecular flexibility index (Phi) is 4.57. The van der Waals surface area contributed by atoms with Crippen molar-refractivity contribution in [3.05, 3.63) is 95.0 Å². The van der Waals surface area contributed by atoms with Gasteiger partial charge in [0.15, 0.2) is 0 Å². The Bertz CT molecular complexity index is 972. The lowest BCUT2D eigenvalue weighted by Gasteiger charge is -2.06. The molecule has 0 aliphatic heterocycles. The van der Waals surface area contributed by atoms with Crippen LogP contribution in [0.3, 0.4) is 0 Å². The fourth-order valence-corrected chi connectivity index (χ4v) is 3.45. The first-order valence-electron chi connectivity index (χ1n) is 8.17. The first kappa shape index (κ1) is 15.6. The highest BCUT2D eigenvalue weighted by Crippen LogP contribution is 2.23. The van der Waals surface area contributed by atoms with E-state index in [1.165, 1.54) is 4.70 Å². The number of para-hydroxylation sites is 1. The Morgan fingerprint density at radius 2 is 1.68 bits per heavy atom. The van der Waals surface area contributed by atoms with Crippen LogP contribution in [0, 0.1) is 0 Å². The molecule has 1 aromatic heterocycles. The van der Waals surface area contributed by atoms with Gasteiger partial charge >= 0.3 is 0 Å². The van der Waals surface area contributed by atoms with Crippen molar-refractivity contribution in [3.63, 3.8) is 0 Å². The van der Waals surface area contributed by atoms with E-state index in [1.54, 1.807) is 11.3 Å². The molecule has 4 rings (SSSR count). The maximum Gasteiger partial charge on any atom is 0.120 e. The highest BCUT2D eigenvalue weighted by atomic mass is 32.1. The fourth-order valence-electron chi connectivity index (χ4n) is 2.58. The number of fused-ring (bicyclic) bond motifs is 1. The standard InChI is InChI=1S/C22H17NOS/c1-2-7-18(8-3-1)16-24-19-10-6-9-17(15-19)13-14-22-23-20-11-4-5-12-21(20)25-22/h1-15H,16H2/b14-13-. The molecule has 2 nitrogen and oxygen atoms in total. The van der Waals surface area contributed by atoms with E-state index in [2.05, 4.69) is 41.4 Å². The number of aromatic nitrogens is 1. The average molecular weight is 343 g/mol. The molecular weight excluding hydrogens is 326 g/mol. The number of nitrogens with zero attached hydrogens (tertiary/aromatic N) is 1. The lowest BCUT2D eigenvalue weighted by molar-refractivity contribution is 0.306. The third-order valence-corrected chi connectivity index (χ3v) is 4.84. The quantitative estimate of drug-likeness (QED) is 0.440. The first-order chi connectivity index (χ1) is 12.4. The second kappa shape index (κ2) is 7.32. The van der Waals surface area contributed by atoms with E-state index in [4.69, 9.17) is 4.74 Å². The molecule has 0 spiro atoms. The number of thiazole rings is 1. The van der Waals surface area contributed by atoms with Crippen LogP contribution in [0.2, 0.25) is 0 Å². The van der Waals surface area contributed by atoms with Gasteiger partial charge in [-0.05, 0) is 41.5 Å². The average Bonchev–Trinajstić information content (AvgIpc) is 3.09. The monoisotopic (exact) mass is 343 g/mol. The van der Waals surface area contributed by atoms with E-state index in [1.807, 2.05) is 54.6 Å². The summed E-state index contributed by atoms with van der Waals surface area (Å²) in [6.07, 6.45) is 4.13. The van der Waals surface area contributed by atoms with E-state index in [-0.39, 0.29) is 0 Å². The smallest absolute Gasteiger partial charge is 0.120 e. The predicted octanol–water partition coefficient (Wildman–Crippen LogP) is 6.05. The van der Waals surface area contributed by atoms with Crippen molar-refractivity contribution in [1.29, 1.82) is 0 Å². The molecule has 0 bridgehead atoms. The van der Waals surface area contributed by atoms with E-state index in [0.717, 1.165) is 27.4 Å². The Labute approximate surface area is 151 Å². The summed E-state index contributed by atoms with van der Waals surface area (Å²) in [4.78, 5) is 4.63. The molecule has 0 fully saturated rings. The maximum absolute atomic E-state index is 5.89. The summed E-state index contributed by atoms with van der Waals surface area (Å²) in [6, 6.07) is 26.5. The molecule has 0 saturated heterocycles. The van der Waals surface area contributed by atoms with Crippen LogP contribution >= 0.6 is 11.3 Å². The van der Waals surface area contributed by atoms with Gasteiger partial charge in [0.05, 0.1) is 10.2 Å². The summed E-state index contributed by atoms with van der Waals surface area (Å²) in [5, 5.41) is 1.01. The second-order valence-corrected chi connectivity index (χ2v) is 6.76. The van der Waals surface area contributed by atoms with Gasteiger partial charge in [0.25, 0.3) is 0 Å². The molecule has 25 heavy (non-hydrogen) atoms. The van der Waals surface area contributed by atoms with Gasteiger partial charge in [-0.25, -0.2) is 4.98 Å². The van der Waals surface area contributed by atoms with Gasteiger partial charge in [0, 0.05) is 0 Å². The SMILES string of the molecule is C(=C/c1nc2ccccc2s1)/c1cccc(OCc2ccccc2)c1. The highest BCUT2D eigenvalue weighted by Gasteiger charge is 2.00. The molecule has 3 aromatic carbocycles. The first-order valence-corrected chi connectivity index (χ1v) is 8.99. The number of ether oxygens (including phenoxy) is 1. The predicted molar refractivity (Wildman–Crippen MR) is 106 cm³/mol. The normalized spacial score (nSPS) is 11.2. The molecule has 0 unspecified atom stereocenters. The van der Waals surface area contributed by atoms with E-state index in [0.29, 0.717) is 6.61 Å². The van der Waals surface area contributed by atoms with Crippen molar-refractivity contribution >= 4 is 33.7 Å². The molecule has 1 heterocycles. The van der Waals surface area contributed by atoms with Gasteiger partial charge in [-0.15, -0.1) is 11.3 Å². The van der Waals surface area contributed by atoms with Crippen LogP contribution in [0.25, 0.3) is 22.4 Å². The minimum Gasteiger partial charge on any atom is -0.489 e. The number of benzene rings is 3. The van der Waals surface area contributed by atoms with Crippen molar-refractivity contribution in [3.8, 4) is 5.75 Å². The maximum atomic E-state index is 5.89. The van der Waals surface area contributed by atoms with Gasteiger partial charge in [0.2, 0.25) is 0 Å². The van der Waals surface area contributed by atoms with Crippen LogP contribution in [0.15, 0.2) is 78.9 Å². The molecule has 0 atom stereocenters. The third-order valence-electron chi connectivity index (χ3n) is 3.84. The van der Waals surface area contributed by atoms with Gasteiger partial charge in [-0.2, -0.15) is 0 Å². The summed E-state index contributed by atoms with van der Waals surface area (Å²) in [6.45, 7) is 0.575. The van der Waals surface area contributed by atoms with Gasteiger partial charge in [-0.1, -0.05) is 60.7 Å². The zero-order valence-electron chi connectivity index (χ0n) is 13.6. The molecular formula is C22H17NOS. The third kappa shape index (κ3) is 3.95. The van der Waals surface area contributed by atoms with E-state index in [9.17, 15) is 0 Å². The molecule has 0 amide bonds. The molecule has 122 valence electrons. The highest BCUT2D eigenvalue weighted by molar-refractivity contribution is 7.19. The molecule has 0 radical (unpaired) electrons. The van der Waals surface area contributed by atoms with Crippen LogP contribution in [-0.2, 0) is 6.61 Å². The number of hydrogen-bond acceptors (Lipinski definition) is 3. The van der Waals surface area contributed by atoms with Gasteiger partial charge in [0.1, 0.15) is 17.4 Å². The minimum atomic E-state index is 0.575. The summed E-state index contributed by atoms with van der Waals surface area (Å²) in [5.74, 6) is 0.871. The van der Waals surface area contributed by atoms with Crippen LogP contribution in [-0.4, -0.2) is 4.98 Å². The Morgan fingerprint density at radius 1 is 0.840 bits per heavy atom. The second-order valence-electron chi connectivity index (χ2n) is 5.70. The summed E-state index contributed by atoms with van der Waals surface area (Å²) in [7, 11) is 0. The van der Waals surface area contributed by atoms with Crippen LogP contribution in [0.1, 0.15) is 16.1 Å². The van der Waals surface area contributed by atoms with E-state index >= 15 is 0 Å². The Hall–Kier alpha value is -2.91. The van der Waals surface area contributed by atoms with Crippen molar-refractivity contribution in [2.75, 3.05) is 0 Å². The van der Waals surface area contributed by atoms with Crippen LogP contribution in [0.5, 0.6) is 5.75 Å². The van der Waals surface area contributed by atoms with E-state index < -0.39 is 0 Å². The minimum absolute atomic E-state index is 0.575. The van der Waals surface area contributed by atoms with Gasteiger partial charge < -0.3 is 4.74 Å². The summed E-state index contributed by atoms with van der Waals surface area (Å²) < 4.78 is 7.10. The lowest BCUT2D eigenvalue weighted by atomic mass is 10.2. The summed E-state index contributed by atoms with van der Waals surface area (Å²) >= 11 is 1.70. The molecule has 0 saturated carbocycles. The Morgan fingerprint density at radius 3 is 2.56 bits per heavy atom. The summed E-state index contributed by atoms with van der Waals surface area (Å²) in [5.41, 5.74) is 3.31. The number of hydrogen-bond donors (Lipinski definition) is 0. The zero-order valence-corrected chi connectivity index (χ0v) is 14.4. The van der Waals surface area contributed by atoms with Crippen LogP contribution in [0.4, 0.5) is 0 Å². The lowest BCUT2D eigenvalue weighted by Crippen LogP contribution is -1.94. The Balaban J connectivity index is 1.47. The largest absolute Gasteiger partial charge is 0.489 e. The van der Waals surface area contributed by atoms with Crippen molar-refractivity contribution in [2.24, 2.45) is 0 Å². The van der Waals surface area contributed by atoms with Crippen LogP contribution < -0.4 is 4.74 Å². The van der Waals surface area contributed by atoms with Crippen molar-refractivity contribution < 1.29 is 4.74 Å². The van der Waals surface area contributed by atoms with Crippen molar-refractivity contribution in [1.82, 2.24) is 4.98 Å². The molecule has 4 aromatic rings. The topological polar surface area (TPSA) is 22.1 Å². The molecule has 0 aliphatic carbocycles. The van der Waals surface area contributed by atoms with Crippen molar-refractivity contribution in [2.45, 2.75) is 6.61 Å². The molecule has 0 N–H and O–H groups in total. The fraction of sp³-hybridized carbons (Fsp3) is 0.0455.